The van der Waals surface area contributed by atoms with Gasteiger partial charge in [-0.25, -0.2) is 0 Å². The molecule has 1 aliphatic heterocycles. The summed E-state index contributed by atoms with van der Waals surface area (Å²) in [4.78, 5) is 14.6. The zero-order valence-electron chi connectivity index (χ0n) is 18.0. The van der Waals surface area contributed by atoms with Crippen LogP contribution in [0, 0.1) is 29.1 Å². The molecule has 0 bridgehead atoms. The number of likely N-dealkylation sites (tertiary alicyclic amines) is 1. The minimum Gasteiger partial charge on any atom is -0.322 e. The highest BCUT2D eigenvalue weighted by Crippen LogP contribution is 2.47. The normalized spacial score (nSPS) is 32.5. The van der Waals surface area contributed by atoms with Gasteiger partial charge in [-0.3, -0.25) is 4.79 Å². The highest BCUT2D eigenvalue weighted by atomic mass is 16.2. The van der Waals surface area contributed by atoms with Crippen LogP contribution in [0.4, 0.5) is 0 Å². The van der Waals surface area contributed by atoms with Crippen molar-refractivity contribution < 1.29 is 4.79 Å². The first-order valence-corrected chi connectivity index (χ1v) is 11.5. The van der Waals surface area contributed by atoms with Crippen molar-refractivity contribution in [3.8, 4) is 6.07 Å². The third kappa shape index (κ3) is 3.38. The van der Waals surface area contributed by atoms with Crippen molar-refractivity contribution in [1.29, 1.82) is 5.26 Å². The number of nitrogens with one attached hydrogen (secondary N) is 1. The van der Waals surface area contributed by atoms with E-state index in [4.69, 9.17) is 0 Å². The van der Waals surface area contributed by atoms with Gasteiger partial charge in [0, 0.05) is 12.1 Å². The number of carbonyl (C=O) groups is 1. The molecule has 1 aromatic carbocycles. The Morgan fingerprint density at radius 1 is 1.17 bits per heavy atom. The number of amides is 1. The van der Waals surface area contributed by atoms with Gasteiger partial charge in [0.05, 0.1) is 12.6 Å². The van der Waals surface area contributed by atoms with Crippen LogP contribution in [-0.2, 0) is 36.9 Å². The molecule has 1 heterocycles. The van der Waals surface area contributed by atoms with Gasteiger partial charge in [0.1, 0.15) is 6.04 Å². The average molecular weight is 392 g/mol. The van der Waals surface area contributed by atoms with Crippen molar-refractivity contribution in [1.82, 2.24) is 10.2 Å². The highest BCUT2D eigenvalue weighted by molar-refractivity contribution is 5.80. The lowest BCUT2D eigenvalue weighted by Gasteiger charge is -2.24. The molecular formula is C25H33N3O. The van der Waals surface area contributed by atoms with Crippen LogP contribution < -0.4 is 5.32 Å². The van der Waals surface area contributed by atoms with Gasteiger partial charge in [0.15, 0.2) is 0 Å². The van der Waals surface area contributed by atoms with Crippen LogP contribution in [-0.4, -0.2) is 35.5 Å². The van der Waals surface area contributed by atoms with E-state index in [1.54, 1.807) is 27.8 Å². The summed E-state index contributed by atoms with van der Waals surface area (Å²) in [7, 11) is 0. The van der Waals surface area contributed by atoms with Crippen LogP contribution in [0.1, 0.15) is 61.4 Å². The minimum absolute atomic E-state index is 0.110. The zero-order chi connectivity index (χ0) is 20.3. The van der Waals surface area contributed by atoms with Crippen LogP contribution in [0.2, 0.25) is 0 Å². The third-order valence-electron chi connectivity index (χ3n) is 7.75. The van der Waals surface area contributed by atoms with Gasteiger partial charge in [0.25, 0.3) is 0 Å². The smallest absolute Gasteiger partial charge is 0.237 e. The quantitative estimate of drug-likeness (QED) is 0.839. The van der Waals surface area contributed by atoms with Crippen molar-refractivity contribution in [3.63, 3.8) is 0 Å². The van der Waals surface area contributed by atoms with E-state index in [1.165, 1.54) is 25.7 Å². The number of nitrogens with zero attached hydrogens (tertiary/aromatic N) is 2. The predicted molar refractivity (Wildman–Crippen MR) is 114 cm³/mol. The molecule has 4 aliphatic rings. The van der Waals surface area contributed by atoms with Gasteiger partial charge in [-0.15, -0.1) is 0 Å². The summed E-state index contributed by atoms with van der Waals surface area (Å²) in [5, 5.41) is 12.8. The Labute approximate surface area is 174 Å². The molecule has 4 heteroatoms. The molecule has 2 fully saturated rings. The fourth-order valence-corrected chi connectivity index (χ4v) is 6.33. The van der Waals surface area contributed by atoms with Crippen molar-refractivity contribution in [2.45, 2.75) is 83.8 Å². The Bertz CT molecular complexity index is 849. The molecule has 1 N–H and O–H groups in total. The molecule has 154 valence electrons. The topological polar surface area (TPSA) is 56.1 Å². The molecule has 5 rings (SSSR count). The standard InChI is InChI=1S/C25H33N3O/c1-14-4-17-9-18-5-15(2)7-22(18)23(21(17)6-14)8-16(3)27-13-25(29)28-20(12-26)10-19-11-24(19)28/h9,14-16,19-20,24,27H,4-8,10-11,13H2,1-3H3/t14?,15?,16?,19-,20?,24+/m1/s1. The summed E-state index contributed by atoms with van der Waals surface area (Å²) in [5.74, 6) is 2.19. The van der Waals surface area contributed by atoms with Gasteiger partial charge >= 0.3 is 0 Å². The molecule has 1 saturated carbocycles. The maximum absolute atomic E-state index is 12.8. The Morgan fingerprint density at radius 3 is 2.45 bits per heavy atom. The van der Waals surface area contributed by atoms with Gasteiger partial charge in [-0.1, -0.05) is 19.9 Å². The molecule has 4 nitrogen and oxygen atoms in total. The highest BCUT2D eigenvalue weighted by Gasteiger charge is 2.53. The van der Waals surface area contributed by atoms with Crippen LogP contribution in [0.25, 0.3) is 0 Å². The van der Waals surface area contributed by atoms with E-state index in [0.29, 0.717) is 18.5 Å². The van der Waals surface area contributed by atoms with E-state index in [-0.39, 0.29) is 18.0 Å². The summed E-state index contributed by atoms with van der Waals surface area (Å²) < 4.78 is 0. The molecule has 1 saturated heterocycles. The van der Waals surface area contributed by atoms with Gasteiger partial charge in [0.2, 0.25) is 5.91 Å². The summed E-state index contributed by atoms with van der Waals surface area (Å²) in [6.45, 7) is 7.30. The minimum atomic E-state index is -0.202. The Balaban J connectivity index is 1.28. The number of hydrogen-bond acceptors (Lipinski definition) is 3. The Morgan fingerprint density at radius 2 is 1.83 bits per heavy atom. The molecule has 4 unspecified atom stereocenters. The fourth-order valence-electron chi connectivity index (χ4n) is 6.33. The van der Waals surface area contributed by atoms with Gasteiger partial charge in [-0.05, 0) is 97.4 Å². The molecule has 29 heavy (non-hydrogen) atoms. The third-order valence-corrected chi connectivity index (χ3v) is 7.75. The largest absolute Gasteiger partial charge is 0.322 e. The average Bonchev–Trinajstić information content (AvgIpc) is 2.99. The second kappa shape index (κ2) is 7.13. The fraction of sp³-hybridized carbons (Fsp3) is 0.680. The maximum atomic E-state index is 12.8. The second-order valence-corrected chi connectivity index (χ2v) is 10.4. The molecule has 0 spiro atoms. The molecule has 0 aromatic heterocycles. The molecule has 1 aromatic rings. The molecule has 6 atom stereocenters. The van der Waals surface area contributed by atoms with Crippen molar-refractivity contribution in [3.05, 3.63) is 33.9 Å². The van der Waals surface area contributed by atoms with E-state index in [9.17, 15) is 10.1 Å². The first kappa shape index (κ1) is 19.1. The number of piperidine rings is 1. The van der Waals surface area contributed by atoms with Crippen LogP contribution in [0.15, 0.2) is 6.07 Å². The van der Waals surface area contributed by atoms with Gasteiger partial charge in [-0.2, -0.15) is 5.26 Å². The summed E-state index contributed by atoms with van der Waals surface area (Å²) in [6, 6.07) is 5.23. The monoisotopic (exact) mass is 391 g/mol. The lowest BCUT2D eigenvalue weighted by atomic mass is 9.90. The molecule has 1 amide bonds. The Hall–Kier alpha value is -1.86. The van der Waals surface area contributed by atoms with Crippen LogP contribution in [0.3, 0.4) is 0 Å². The summed E-state index contributed by atoms with van der Waals surface area (Å²) in [6.07, 6.45) is 7.83. The number of nitriles is 1. The lowest BCUT2D eigenvalue weighted by Crippen LogP contribution is -2.45. The van der Waals surface area contributed by atoms with E-state index < -0.39 is 0 Å². The summed E-state index contributed by atoms with van der Waals surface area (Å²) >= 11 is 0. The number of hydrogen-bond donors (Lipinski definition) is 1. The first-order valence-electron chi connectivity index (χ1n) is 11.5. The van der Waals surface area contributed by atoms with Crippen molar-refractivity contribution >= 4 is 5.91 Å². The van der Waals surface area contributed by atoms with Gasteiger partial charge < -0.3 is 10.2 Å². The molecule has 0 radical (unpaired) electrons. The second-order valence-electron chi connectivity index (χ2n) is 10.4. The Kier molecular flexibility index (Phi) is 4.70. The summed E-state index contributed by atoms with van der Waals surface area (Å²) in [5.41, 5.74) is 7.96. The predicted octanol–water partition coefficient (Wildman–Crippen LogP) is 3.19. The molecule has 3 aliphatic carbocycles. The zero-order valence-corrected chi connectivity index (χ0v) is 18.0. The van der Waals surface area contributed by atoms with E-state index in [1.807, 2.05) is 4.90 Å². The first-order chi connectivity index (χ1) is 13.9. The van der Waals surface area contributed by atoms with Crippen LogP contribution >= 0.6 is 0 Å². The van der Waals surface area contributed by atoms with Crippen LogP contribution in [0.5, 0.6) is 0 Å². The SMILES string of the molecule is CC1Cc2cc3c(c(CC(C)NCC(=O)N4C(C#N)C[C@@H]5C[C@@H]54)c2C1)CC(C)C3. The van der Waals surface area contributed by atoms with E-state index >= 15 is 0 Å². The lowest BCUT2D eigenvalue weighted by molar-refractivity contribution is -0.131. The maximum Gasteiger partial charge on any atom is 0.237 e. The molecular weight excluding hydrogens is 358 g/mol. The van der Waals surface area contributed by atoms with E-state index in [0.717, 1.165) is 31.1 Å². The number of benzene rings is 1. The number of rotatable bonds is 5. The number of carbonyl (C=O) groups excluding carboxylic acids is 1. The number of fused-ring (bicyclic) bond motifs is 3. The van der Waals surface area contributed by atoms with Crippen molar-refractivity contribution in [2.75, 3.05) is 6.54 Å². The van der Waals surface area contributed by atoms with E-state index in [2.05, 4.69) is 38.2 Å². The van der Waals surface area contributed by atoms with Crippen molar-refractivity contribution in [2.24, 2.45) is 17.8 Å².